The number of para-hydroxylation sites is 1. The van der Waals surface area contributed by atoms with Crippen molar-refractivity contribution < 1.29 is 28.9 Å². The van der Waals surface area contributed by atoms with Gasteiger partial charge in [-0.15, -0.1) is 0 Å². The monoisotopic (exact) mass is 452 g/mol. The number of benzene rings is 2. The number of amides is 1. The Morgan fingerprint density at radius 1 is 1.12 bits per heavy atom. The molecule has 4 rings (SSSR count). The van der Waals surface area contributed by atoms with Gasteiger partial charge in [0.05, 0.1) is 30.9 Å². The number of rotatable bonds is 6. The molecule has 1 aliphatic rings. The van der Waals surface area contributed by atoms with Crippen LogP contribution in [0.4, 0.5) is 4.79 Å². The summed E-state index contributed by atoms with van der Waals surface area (Å²) in [5, 5.41) is 10.4. The van der Waals surface area contributed by atoms with Crippen LogP contribution in [0, 0.1) is 6.92 Å². The third kappa shape index (κ3) is 4.58. The van der Waals surface area contributed by atoms with E-state index in [1.807, 2.05) is 66.1 Å². The quantitative estimate of drug-likeness (QED) is 0.602. The molecule has 1 atom stereocenters. The van der Waals surface area contributed by atoms with Crippen molar-refractivity contribution >= 4 is 23.0 Å². The highest BCUT2D eigenvalue weighted by atomic mass is 16.7. The molecule has 0 unspecified atom stereocenters. The van der Waals surface area contributed by atoms with Crippen molar-refractivity contribution in [2.45, 2.75) is 38.8 Å². The smallest absolute Gasteiger partial charge is 0.410 e. The Bertz CT molecular complexity index is 1130. The predicted molar refractivity (Wildman–Crippen MR) is 122 cm³/mol. The van der Waals surface area contributed by atoms with Crippen LogP contribution >= 0.6 is 0 Å². The Morgan fingerprint density at radius 2 is 1.76 bits per heavy atom. The van der Waals surface area contributed by atoms with Crippen molar-refractivity contribution in [2.24, 2.45) is 0 Å². The molecule has 0 bridgehead atoms. The van der Waals surface area contributed by atoms with Crippen molar-refractivity contribution in [3.63, 3.8) is 0 Å². The maximum absolute atomic E-state index is 12.4. The lowest BCUT2D eigenvalue weighted by Gasteiger charge is -2.37. The van der Waals surface area contributed by atoms with E-state index in [0.29, 0.717) is 11.1 Å². The van der Waals surface area contributed by atoms with Crippen LogP contribution in [0.1, 0.15) is 34.6 Å². The Kier molecular flexibility index (Phi) is 6.67. The van der Waals surface area contributed by atoms with Gasteiger partial charge in [-0.3, -0.25) is 0 Å². The number of hydrogen-bond acceptors (Lipinski definition) is 5. The van der Waals surface area contributed by atoms with Gasteiger partial charge < -0.3 is 28.8 Å². The average molecular weight is 453 g/mol. The van der Waals surface area contributed by atoms with Gasteiger partial charge in [0.15, 0.2) is 6.29 Å². The number of carboxylic acids is 1. The number of nitrogens with zero attached hydrogens (tertiary/aromatic N) is 2. The van der Waals surface area contributed by atoms with Gasteiger partial charge in [0.2, 0.25) is 0 Å². The molecule has 0 aliphatic carbocycles. The Balaban J connectivity index is 1.40. The first-order chi connectivity index (χ1) is 15.9. The average Bonchev–Trinajstić information content (AvgIpc) is 3.14. The van der Waals surface area contributed by atoms with E-state index in [0.717, 1.165) is 11.1 Å². The number of carbonyl (C=O) groups excluding carboxylic acids is 1. The van der Waals surface area contributed by atoms with Crippen molar-refractivity contribution in [1.29, 1.82) is 0 Å². The van der Waals surface area contributed by atoms with Gasteiger partial charge in [-0.25, -0.2) is 9.59 Å². The molecule has 8 heteroatoms. The molecule has 0 spiro atoms. The summed E-state index contributed by atoms with van der Waals surface area (Å²) in [6.45, 7) is 4.51. The number of aromatic nitrogens is 1. The normalized spacial score (nSPS) is 19.2. The molecular formula is C25H28N2O6. The van der Waals surface area contributed by atoms with Gasteiger partial charge >= 0.3 is 12.1 Å². The zero-order chi connectivity index (χ0) is 23.5. The second kappa shape index (κ2) is 9.64. The summed E-state index contributed by atoms with van der Waals surface area (Å²) >= 11 is 0. The van der Waals surface area contributed by atoms with Gasteiger partial charge in [-0.1, -0.05) is 48.5 Å². The SMILES string of the molecule is Cc1c(C(=O)O)c2ccccc2n1[C@H](C)C1OCC(N(C)C(=O)OCc2ccccc2)CO1. The van der Waals surface area contributed by atoms with Crippen LogP contribution in [0.2, 0.25) is 0 Å². The van der Waals surface area contributed by atoms with Crippen LogP contribution in [-0.4, -0.2) is 59.2 Å². The van der Waals surface area contributed by atoms with Crippen molar-refractivity contribution in [2.75, 3.05) is 20.3 Å². The van der Waals surface area contributed by atoms with Gasteiger partial charge in [-0.2, -0.15) is 0 Å². The molecule has 1 amide bonds. The van der Waals surface area contributed by atoms with E-state index in [1.54, 1.807) is 14.0 Å². The fraction of sp³-hybridized carbons (Fsp3) is 0.360. The first kappa shape index (κ1) is 22.8. The van der Waals surface area contributed by atoms with E-state index in [-0.39, 0.29) is 37.5 Å². The molecule has 3 aromatic rings. The number of carbonyl (C=O) groups is 2. The lowest BCUT2D eigenvalue weighted by Crippen LogP contribution is -2.49. The van der Waals surface area contributed by atoms with E-state index in [2.05, 4.69) is 0 Å². The lowest BCUT2D eigenvalue weighted by atomic mass is 10.1. The summed E-state index contributed by atoms with van der Waals surface area (Å²) in [4.78, 5) is 25.8. The number of hydrogen-bond donors (Lipinski definition) is 1. The maximum atomic E-state index is 12.4. The zero-order valence-corrected chi connectivity index (χ0v) is 18.9. The third-order valence-corrected chi connectivity index (χ3v) is 6.12. The Labute approximate surface area is 192 Å². The molecule has 2 heterocycles. The highest BCUT2D eigenvalue weighted by molar-refractivity contribution is 6.05. The first-order valence-corrected chi connectivity index (χ1v) is 10.9. The number of ether oxygens (including phenoxy) is 3. The van der Waals surface area contributed by atoms with E-state index in [9.17, 15) is 14.7 Å². The second-order valence-electron chi connectivity index (χ2n) is 8.23. The topological polar surface area (TPSA) is 90.2 Å². The summed E-state index contributed by atoms with van der Waals surface area (Å²) in [5.41, 5.74) is 2.66. The van der Waals surface area contributed by atoms with Crippen molar-refractivity contribution in [3.8, 4) is 0 Å². The molecule has 174 valence electrons. The summed E-state index contributed by atoms with van der Waals surface area (Å²) in [6.07, 6.45) is -1.02. The highest BCUT2D eigenvalue weighted by Gasteiger charge is 2.33. The fourth-order valence-electron chi connectivity index (χ4n) is 4.29. The summed E-state index contributed by atoms with van der Waals surface area (Å²) in [5.74, 6) is -0.962. The van der Waals surface area contributed by atoms with Crippen LogP contribution in [0.25, 0.3) is 10.9 Å². The van der Waals surface area contributed by atoms with Gasteiger partial charge in [-0.05, 0) is 25.5 Å². The van der Waals surface area contributed by atoms with Crippen LogP contribution in [0.3, 0.4) is 0 Å². The number of carboxylic acid groups (broad SMARTS) is 1. The minimum atomic E-state index is -0.962. The van der Waals surface area contributed by atoms with Crippen LogP contribution in [0.15, 0.2) is 54.6 Å². The summed E-state index contributed by atoms with van der Waals surface area (Å²) in [7, 11) is 1.66. The van der Waals surface area contributed by atoms with E-state index >= 15 is 0 Å². The zero-order valence-electron chi connectivity index (χ0n) is 18.9. The standard InChI is InChI=1S/C25H28N2O6/c1-16-22(23(28)29)20-11-7-8-12-21(20)27(16)17(2)24-31-14-19(15-32-24)26(3)25(30)33-13-18-9-5-4-6-10-18/h4-12,17,19,24H,13-15H2,1-3H3,(H,28,29)/t17-,19?,24?/m1/s1. The third-order valence-electron chi connectivity index (χ3n) is 6.12. The molecular weight excluding hydrogens is 424 g/mol. The highest BCUT2D eigenvalue weighted by Crippen LogP contribution is 2.32. The molecule has 1 N–H and O–H groups in total. The molecule has 2 aromatic carbocycles. The van der Waals surface area contributed by atoms with Gasteiger partial charge in [0.25, 0.3) is 0 Å². The molecule has 0 radical (unpaired) electrons. The lowest BCUT2D eigenvalue weighted by molar-refractivity contribution is -0.217. The molecule has 1 aliphatic heterocycles. The molecule has 1 fully saturated rings. The van der Waals surface area contributed by atoms with E-state index in [4.69, 9.17) is 14.2 Å². The molecule has 1 saturated heterocycles. The molecule has 33 heavy (non-hydrogen) atoms. The number of fused-ring (bicyclic) bond motifs is 1. The van der Waals surface area contributed by atoms with Crippen molar-refractivity contribution in [1.82, 2.24) is 9.47 Å². The summed E-state index contributed by atoms with van der Waals surface area (Å²) < 4.78 is 19.3. The molecule has 1 aromatic heterocycles. The van der Waals surface area contributed by atoms with Crippen LogP contribution in [0.5, 0.6) is 0 Å². The largest absolute Gasteiger partial charge is 0.478 e. The Hall–Kier alpha value is -3.36. The van der Waals surface area contributed by atoms with Crippen LogP contribution in [-0.2, 0) is 20.8 Å². The van der Waals surface area contributed by atoms with Gasteiger partial charge in [0.1, 0.15) is 6.61 Å². The van der Waals surface area contributed by atoms with Crippen molar-refractivity contribution in [3.05, 3.63) is 71.4 Å². The van der Waals surface area contributed by atoms with Gasteiger partial charge in [0, 0.05) is 23.6 Å². The predicted octanol–water partition coefficient (Wildman–Crippen LogP) is 4.22. The maximum Gasteiger partial charge on any atom is 0.410 e. The molecule has 0 saturated carbocycles. The van der Waals surface area contributed by atoms with E-state index < -0.39 is 18.4 Å². The minimum Gasteiger partial charge on any atom is -0.478 e. The minimum absolute atomic E-state index is 0.198. The summed E-state index contributed by atoms with van der Waals surface area (Å²) in [6, 6.07) is 16.4. The number of likely N-dealkylation sites (N-methyl/N-ethyl adjacent to an activating group) is 1. The van der Waals surface area contributed by atoms with E-state index in [1.165, 1.54) is 4.90 Å². The molecule has 8 nitrogen and oxygen atoms in total. The Morgan fingerprint density at radius 3 is 2.42 bits per heavy atom. The second-order valence-corrected chi connectivity index (χ2v) is 8.23. The fourth-order valence-corrected chi connectivity index (χ4v) is 4.29. The van der Waals surface area contributed by atoms with Crippen LogP contribution < -0.4 is 0 Å². The number of aromatic carboxylic acids is 1. The first-order valence-electron chi connectivity index (χ1n) is 10.9.